The molecule has 15 heavy (non-hydrogen) atoms. The minimum absolute atomic E-state index is 0.332. The molecule has 3 nitrogen and oxygen atoms in total. The average molecular weight is 224 g/mol. The number of aromatic carboxylic acids is 1. The Morgan fingerprint density at radius 3 is 2.73 bits per heavy atom. The number of carbonyl (C=O) groups is 1. The van der Waals surface area contributed by atoms with E-state index in [0.29, 0.717) is 10.6 Å². The second-order valence-corrected chi connectivity index (χ2v) is 4.00. The lowest BCUT2D eigenvalue weighted by Crippen LogP contribution is -1.89. The van der Waals surface area contributed by atoms with Gasteiger partial charge in [0, 0.05) is 4.88 Å². The van der Waals surface area contributed by atoms with Gasteiger partial charge in [0.1, 0.15) is 10.6 Å². The van der Waals surface area contributed by atoms with Gasteiger partial charge in [-0.1, -0.05) is 6.58 Å². The van der Waals surface area contributed by atoms with E-state index < -0.39 is 5.97 Å². The normalized spacial score (nSPS) is 11.2. The quantitative estimate of drug-likeness (QED) is 0.631. The Balaban J connectivity index is 3.10. The zero-order valence-electron chi connectivity index (χ0n) is 8.61. The van der Waals surface area contributed by atoms with Crippen molar-refractivity contribution in [1.29, 1.82) is 0 Å². The number of hydrogen-bond acceptors (Lipinski definition) is 3. The molecule has 0 radical (unpaired) electrons. The van der Waals surface area contributed by atoms with Crippen molar-refractivity contribution < 1.29 is 14.6 Å². The van der Waals surface area contributed by atoms with Gasteiger partial charge in [0.15, 0.2) is 0 Å². The summed E-state index contributed by atoms with van der Waals surface area (Å²) in [5.74, 6) is -0.280. The van der Waals surface area contributed by atoms with Crippen molar-refractivity contribution in [3.8, 4) is 0 Å². The van der Waals surface area contributed by atoms with E-state index in [2.05, 4.69) is 6.58 Å². The van der Waals surface area contributed by atoms with Crippen molar-refractivity contribution in [3.05, 3.63) is 39.8 Å². The topological polar surface area (TPSA) is 46.5 Å². The molecule has 0 unspecified atom stereocenters. The molecule has 0 aliphatic heterocycles. The average Bonchev–Trinajstić information content (AvgIpc) is 2.56. The van der Waals surface area contributed by atoms with Crippen LogP contribution in [0.2, 0.25) is 0 Å². The molecule has 1 aromatic heterocycles. The SMILES string of the molecule is C=C/C(=C\c1sc(C(=O)O)cc1C)OC. The molecule has 1 aromatic rings. The van der Waals surface area contributed by atoms with Crippen LogP contribution in [0.4, 0.5) is 0 Å². The first-order chi connectivity index (χ1) is 7.08. The summed E-state index contributed by atoms with van der Waals surface area (Å²) in [6.07, 6.45) is 3.36. The van der Waals surface area contributed by atoms with Gasteiger partial charge in [-0.3, -0.25) is 0 Å². The minimum atomic E-state index is -0.902. The van der Waals surface area contributed by atoms with Gasteiger partial charge in [-0.15, -0.1) is 11.3 Å². The Labute approximate surface area is 92.3 Å². The molecular weight excluding hydrogens is 212 g/mol. The van der Waals surface area contributed by atoms with Crippen LogP contribution < -0.4 is 0 Å². The van der Waals surface area contributed by atoms with Crippen LogP contribution in [-0.4, -0.2) is 18.2 Å². The van der Waals surface area contributed by atoms with Crippen LogP contribution in [0, 0.1) is 6.92 Å². The summed E-state index contributed by atoms with van der Waals surface area (Å²) in [6.45, 7) is 5.46. The lowest BCUT2D eigenvalue weighted by molar-refractivity contribution is 0.0702. The third-order valence-corrected chi connectivity index (χ3v) is 3.05. The van der Waals surface area contributed by atoms with E-state index in [1.807, 2.05) is 6.92 Å². The van der Waals surface area contributed by atoms with Crippen molar-refractivity contribution in [2.75, 3.05) is 7.11 Å². The second-order valence-electron chi connectivity index (χ2n) is 2.92. The van der Waals surface area contributed by atoms with E-state index in [0.717, 1.165) is 10.4 Å². The number of methoxy groups -OCH3 is 1. The maximum Gasteiger partial charge on any atom is 0.345 e. The van der Waals surface area contributed by atoms with Gasteiger partial charge in [0.2, 0.25) is 0 Å². The van der Waals surface area contributed by atoms with Gasteiger partial charge in [0.25, 0.3) is 0 Å². The largest absolute Gasteiger partial charge is 0.497 e. The number of hydrogen-bond donors (Lipinski definition) is 1. The number of rotatable bonds is 4. The molecule has 0 atom stereocenters. The Bertz CT molecular complexity index is 415. The molecule has 80 valence electrons. The van der Waals surface area contributed by atoms with Gasteiger partial charge in [-0.25, -0.2) is 4.79 Å². The number of aryl methyl sites for hydroxylation is 1. The molecule has 0 aliphatic rings. The number of carboxylic acid groups (broad SMARTS) is 1. The zero-order chi connectivity index (χ0) is 11.4. The first-order valence-corrected chi connectivity index (χ1v) is 5.12. The molecule has 1 heterocycles. The third kappa shape index (κ3) is 2.70. The molecule has 0 aromatic carbocycles. The smallest absolute Gasteiger partial charge is 0.345 e. The number of carboxylic acids is 1. The van der Waals surface area contributed by atoms with Crippen LogP contribution in [0.5, 0.6) is 0 Å². The fourth-order valence-corrected chi connectivity index (χ4v) is 2.03. The molecule has 0 saturated heterocycles. The van der Waals surface area contributed by atoms with Gasteiger partial charge in [0.05, 0.1) is 7.11 Å². The predicted octanol–water partition coefficient (Wildman–Crippen LogP) is 2.93. The highest BCUT2D eigenvalue weighted by atomic mass is 32.1. The fraction of sp³-hybridized carbons (Fsp3) is 0.182. The molecule has 0 bridgehead atoms. The molecule has 0 spiro atoms. The summed E-state index contributed by atoms with van der Waals surface area (Å²) in [4.78, 5) is 11.9. The molecule has 0 saturated carbocycles. The van der Waals surface area contributed by atoms with E-state index >= 15 is 0 Å². The van der Waals surface area contributed by atoms with E-state index in [1.54, 1.807) is 25.3 Å². The second kappa shape index (κ2) is 4.79. The van der Waals surface area contributed by atoms with Crippen LogP contribution in [0.15, 0.2) is 24.5 Å². The molecule has 0 aliphatic carbocycles. The first kappa shape index (κ1) is 11.5. The molecule has 4 heteroatoms. The van der Waals surface area contributed by atoms with Crippen LogP contribution in [-0.2, 0) is 4.74 Å². The van der Waals surface area contributed by atoms with Gasteiger partial charge in [-0.05, 0) is 30.7 Å². The summed E-state index contributed by atoms with van der Waals surface area (Å²) in [7, 11) is 1.55. The fourth-order valence-electron chi connectivity index (χ4n) is 1.08. The molecule has 0 fully saturated rings. The standard InChI is InChI=1S/C11H12O3S/c1-4-8(14-3)6-9-7(2)5-10(15-9)11(12)13/h4-6H,1H2,2-3H3,(H,12,13)/b8-6+. The summed E-state index contributed by atoms with van der Waals surface area (Å²) in [5.41, 5.74) is 0.925. The first-order valence-electron chi connectivity index (χ1n) is 4.30. The van der Waals surface area contributed by atoms with Crippen molar-refractivity contribution in [1.82, 2.24) is 0 Å². The summed E-state index contributed by atoms with van der Waals surface area (Å²) >= 11 is 1.22. The van der Waals surface area contributed by atoms with Crippen LogP contribution in [0.3, 0.4) is 0 Å². The molecular formula is C11H12O3S. The van der Waals surface area contributed by atoms with Crippen molar-refractivity contribution >= 4 is 23.4 Å². The Hall–Kier alpha value is -1.55. The minimum Gasteiger partial charge on any atom is -0.497 e. The van der Waals surface area contributed by atoms with Crippen LogP contribution in [0.25, 0.3) is 6.08 Å². The maximum atomic E-state index is 10.7. The summed E-state index contributed by atoms with van der Waals surface area (Å²) in [6, 6.07) is 1.65. The lowest BCUT2D eigenvalue weighted by atomic mass is 10.2. The van der Waals surface area contributed by atoms with Gasteiger partial charge >= 0.3 is 5.97 Å². The van der Waals surface area contributed by atoms with E-state index in [1.165, 1.54) is 11.3 Å². The van der Waals surface area contributed by atoms with Crippen molar-refractivity contribution in [2.24, 2.45) is 0 Å². The highest BCUT2D eigenvalue weighted by Gasteiger charge is 2.09. The monoisotopic (exact) mass is 224 g/mol. The summed E-state index contributed by atoms with van der Waals surface area (Å²) < 4.78 is 5.03. The van der Waals surface area contributed by atoms with E-state index in [4.69, 9.17) is 9.84 Å². The zero-order valence-corrected chi connectivity index (χ0v) is 9.43. The van der Waals surface area contributed by atoms with Gasteiger partial charge in [-0.2, -0.15) is 0 Å². The Morgan fingerprint density at radius 2 is 2.33 bits per heavy atom. The summed E-state index contributed by atoms with van der Waals surface area (Å²) in [5, 5.41) is 8.81. The maximum absolute atomic E-state index is 10.7. The third-order valence-electron chi connectivity index (χ3n) is 1.88. The number of ether oxygens (including phenoxy) is 1. The van der Waals surface area contributed by atoms with Crippen LogP contribution >= 0.6 is 11.3 Å². The molecule has 1 N–H and O–H groups in total. The van der Waals surface area contributed by atoms with Crippen molar-refractivity contribution in [3.63, 3.8) is 0 Å². The predicted molar refractivity (Wildman–Crippen MR) is 61.2 cm³/mol. The lowest BCUT2D eigenvalue weighted by Gasteiger charge is -1.98. The van der Waals surface area contributed by atoms with E-state index in [9.17, 15) is 4.79 Å². The van der Waals surface area contributed by atoms with Crippen molar-refractivity contribution in [2.45, 2.75) is 6.92 Å². The van der Waals surface area contributed by atoms with Crippen LogP contribution in [0.1, 0.15) is 20.1 Å². The number of thiophene rings is 1. The highest BCUT2D eigenvalue weighted by Crippen LogP contribution is 2.24. The Kier molecular flexibility index (Phi) is 3.68. The van der Waals surface area contributed by atoms with Gasteiger partial charge < -0.3 is 9.84 Å². The molecule has 0 amide bonds. The number of allylic oxidation sites excluding steroid dienone is 1. The van der Waals surface area contributed by atoms with E-state index in [-0.39, 0.29) is 0 Å². The highest BCUT2D eigenvalue weighted by molar-refractivity contribution is 7.15. The molecule has 1 rings (SSSR count). The Morgan fingerprint density at radius 1 is 1.67 bits per heavy atom.